The van der Waals surface area contributed by atoms with Gasteiger partial charge in [-0.3, -0.25) is 9.69 Å². The van der Waals surface area contributed by atoms with Crippen molar-refractivity contribution in [2.45, 2.75) is 51.5 Å². The van der Waals surface area contributed by atoms with E-state index in [0.29, 0.717) is 26.3 Å². The monoisotopic (exact) mass is 364 g/mol. The quantitative estimate of drug-likeness (QED) is 0.824. The fraction of sp³-hybridized carbons (Fsp3) is 0.650. The van der Waals surface area contributed by atoms with Gasteiger partial charge in [-0.2, -0.15) is 0 Å². The number of likely N-dealkylation sites (tertiary alicyclic amines) is 1. The van der Waals surface area contributed by atoms with Crippen molar-refractivity contribution in [3.05, 3.63) is 35.6 Å². The summed E-state index contributed by atoms with van der Waals surface area (Å²) in [5, 5.41) is 0. The van der Waals surface area contributed by atoms with Gasteiger partial charge in [0.05, 0.1) is 19.8 Å². The van der Waals surface area contributed by atoms with E-state index >= 15 is 0 Å². The predicted octanol–water partition coefficient (Wildman–Crippen LogP) is 2.79. The lowest BCUT2D eigenvalue weighted by Gasteiger charge is -2.40. The number of ether oxygens (including phenoxy) is 2. The maximum atomic E-state index is 13.5. The van der Waals surface area contributed by atoms with Gasteiger partial charge in [0.1, 0.15) is 5.82 Å². The Morgan fingerprint density at radius 1 is 1.23 bits per heavy atom. The summed E-state index contributed by atoms with van der Waals surface area (Å²) in [5.41, 5.74) is 0.469. The molecule has 1 spiro atoms. The lowest BCUT2D eigenvalue weighted by Crippen LogP contribution is -2.52. The van der Waals surface area contributed by atoms with Crippen molar-refractivity contribution < 1.29 is 18.7 Å². The standard InChI is InChI=1S/C20H29FN2O3/c1-19(2,3)23(14-16-5-4-6-17(21)13-16)18(24)15-22-9-7-20(8-10-22)25-11-12-26-20/h4-6,13H,7-12,14-15H2,1-3H3. The molecular formula is C20H29FN2O3. The molecule has 0 bridgehead atoms. The smallest absolute Gasteiger partial charge is 0.237 e. The van der Waals surface area contributed by atoms with Crippen LogP contribution in [0.2, 0.25) is 0 Å². The summed E-state index contributed by atoms with van der Waals surface area (Å²) in [4.78, 5) is 17.0. The zero-order chi connectivity index (χ0) is 18.8. The van der Waals surface area contributed by atoms with E-state index in [-0.39, 0.29) is 17.3 Å². The van der Waals surface area contributed by atoms with Gasteiger partial charge in [-0.1, -0.05) is 12.1 Å². The second-order valence-electron chi connectivity index (χ2n) is 8.16. The van der Waals surface area contributed by atoms with Crippen molar-refractivity contribution in [2.75, 3.05) is 32.8 Å². The molecule has 26 heavy (non-hydrogen) atoms. The van der Waals surface area contributed by atoms with E-state index in [9.17, 15) is 9.18 Å². The minimum Gasteiger partial charge on any atom is -0.347 e. The Labute approximate surface area is 155 Å². The second-order valence-corrected chi connectivity index (χ2v) is 8.16. The van der Waals surface area contributed by atoms with Gasteiger partial charge in [-0.25, -0.2) is 4.39 Å². The summed E-state index contributed by atoms with van der Waals surface area (Å²) in [7, 11) is 0. The van der Waals surface area contributed by atoms with Gasteiger partial charge in [-0.15, -0.1) is 0 Å². The first-order valence-corrected chi connectivity index (χ1v) is 9.33. The third kappa shape index (κ3) is 4.61. The second kappa shape index (κ2) is 7.62. The number of hydrogen-bond donors (Lipinski definition) is 0. The molecule has 0 radical (unpaired) electrons. The van der Waals surface area contributed by atoms with Crippen LogP contribution in [0.3, 0.4) is 0 Å². The van der Waals surface area contributed by atoms with Crippen LogP contribution in [0, 0.1) is 5.82 Å². The third-order valence-corrected chi connectivity index (χ3v) is 5.13. The number of hydrogen-bond acceptors (Lipinski definition) is 4. The molecule has 1 aromatic carbocycles. The minimum atomic E-state index is -0.426. The summed E-state index contributed by atoms with van der Waals surface area (Å²) in [6.07, 6.45) is 1.58. The highest BCUT2D eigenvalue weighted by Crippen LogP contribution is 2.31. The van der Waals surface area contributed by atoms with Crippen LogP contribution in [-0.4, -0.2) is 59.9 Å². The van der Waals surface area contributed by atoms with Crippen LogP contribution in [0.15, 0.2) is 24.3 Å². The fourth-order valence-corrected chi connectivity index (χ4v) is 3.63. The van der Waals surface area contributed by atoms with Crippen LogP contribution in [-0.2, 0) is 20.8 Å². The van der Waals surface area contributed by atoms with E-state index in [0.717, 1.165) is 31.5 Å². The van der Waals surface area contributed by atoms with Gasteiger partial charge < -0.3 is 14.4 Å². The maximum Gasteiger partial charge on any atom is 0.237 e. The van der Waals surface area contributed by atoms with Gasteiger partial charge in [0.15, 0.2) is 5.79 Å². The molecule has 6 heteroatoms. The van der Waals surface area contributed by atoms with Crippen LogP contribution >= 0.6 is 0 Å². The molecule has 0 unspecified atom stereocenters. The van der Waals surface area contributed by atoms with E-state index in [4.69, 9.17) is 9.47 Å². The molecule has 0 aliphatic carbocycles. The maximum absolute atomic E-state index is 13.5. The molecular weight excluding hydrogens is 335 g/mol. The van der Waals surface area contributed by atoms with Gasteiger partial charge in [0.2, 0.25) is 5.91 Å². The highest BCUT2D eigenvalue weighted by Gasteiger charge is 2.40. The van der Waals surface area contributed by atoms with Gasteiger partial charge in [-0.05, 0) is 38.5 Å². The molecule has 144 valence electrons. The van der Waals surface area contributed by atoms with Gasteiger partial charge in [0, 0.05) is 38.0 Å². The molecule has 2 fully saturated rings. The van der Waals surface area contributed by atoms with E-state index in [1.54, 1.807) is 6.07 Å². The summed E-state index contributed by atoms with van der Waals surface area (Å²) in [6.45, 7) is 9.68. The van der Waals surface area contributed by atoms with Crippen LogP contribution in [0.1, 0.15) is 39.2 Å². The Kier molecular flexibility index (Phi) is 5.65. The SMILES string of the molecule is CC(C)(C)N(Cc1cccc(F)c1)C(=O)CN1CCC2(CC1)OCCO2. The zero-order valence-electron chi connectivity index (χ0n) is 16.0. The third-order valence-electron chi connectivity index (χ3n) is 5.13. The van der Waals surface area contributed by atoms with Crippen molar-refractivity contribution in [2.24, 2.45) is 0 Å². The summed E-state index contributed by atoms with van der Waals surface area (Å²) >= 11 is 0. The molecule has 0 atom stereocenters. The topological polar surface area (TPSA) is 42.0 Å². The van der Waals surface area contributed by atoms with Crippen molar-refractivity contribution in [3.63, 3.8) is 0 Å². The number of carbonyl (C=O) groups is 1. The molecule has 2 aliphatic rings. The Balaban J connectivity index is 1.61. The zero-order valence-corrected chi connectivity index (χ0v) is 16.0. The van der Waals surface area contributed by atoms with Crippen molar-refractivity contribution in [1.29, 1.82) is 0 Å². The average molecular weight is 364 g/mol. The van der Waals surface area contributed by atoms with Crippen LogP contribution in [0.4, 0.5) is 4.39 Å². The Hall–Kier alpha value is -1.50. The van der Waals surface area contributed by atoms with E-state index < -0.39 is 5.79 Å². The molecule has 2 aliphatic heterocycles. The van der Waals surface area contributed by atoms with Gasteiger partial charge >= 0.3 is 0 Å². The molecule has 3 rings (SSSR count). The highest BCUT2D eigenvalue weighted by molar-refractivity contribution is 5.79. The van der Waals surface area contributed by atoms with E-state index in [1.165, 1.54) is 12.1 Å². The Morgan fingerprint density at radius 2 is 1.88 bits per heavy atom. The lowest BCUT2D eigenvalue weighted by atomic mass is 10.0. The predicted molar refractivity (Wildman–Crippen MR) is 97.0 cm³/mol. The van der Waals surface area contributed by atoms with Crippen LogP contribution < -0.4 is 0 Å². The molecule has 1 amide bonds. The van der Waals surface area contributed by atoms with E-state index in [1.807, 2.05) is 31.7 Å². The molecule has 0 N–H and O–H groups in total. The van der Waals surface area contributed by atoms with Crippen molar-refractivity contribution >= 4 is 5.91 Å². The number of benzene rings is 1. The molecule has 2 saturated heterocycles. The minimum absolute atomic E-state index is 0.0611. The summed E-state index contributed by atoms with van der Waals surface area (Å²) in [5.74, 6) is -0.641. The molecule has 1 aromatic rings. The normalized spacial score (nSPS) is 20.5. The van der Waals surface area contributed by atoms with Crippen molar-refractivity contribution in [1.82, 2.24) is 9.80 Å². The Morgan fingerprint density at radius 3 is 2.46 bits per heavy atom. The number of amides is 1. The number of rotatable bonds is 4. The largest absolute Gasteiger partial charge is 0.347 e. The number of carbonyl (C=O) groups excluding carboxylic acids is 1. The van der Waals surface area contributed by atoms with Crippen LogP contribution in [0.25, 0.3) is 0 Å². The molecule has 5 nitrogen and oxygen atoms in total. The first kappa shape index (κ1) is 19.3. The number of piperidine rings is 1. The first-order chi connectivity index (χ1) is 12.3. The fourth-order valence-electron chi connectivity index (χ4n) is 3.63. The first-order valence-electron chi connectivity index (χ1n) is 9.33. The Bertz CT molecular complexity index is 628. The number of halogens is 1. The highest BCUT2D eigenvalue weighted by atomic mass is 19.1. The molecule has 2 heterocycles. The summed E-state index contributed by atoms with van der Waals surface area (Å²) in [6, 6.07) is 6.45. The van der Waals surface area contributed by atoms with Crippen LogP contribution in [0.5, 0.6) is 0 Å². The van der Waals surface area contributed by atoms with Gasteiger partial charge in [0.25, 0.3) is 0 Å². The average Bonchev–Trinajstić information content (AvgIpc) is 3.02. The molecule has 0 aromatic heterocycles. The van der Waals surface area contributed by atoms with E-state index in [2.05, 4.69) is 4.90 Å². The summed E-state index contributed by atoms with van der Waals surface area (Å²) < 4.78 is 25.0. The number of nitrogens with zero attached hydrogens (tertiary/aromatic N) is 2. The molecule has 0 saturated carbocycles. The van der Waals surface area contributed by atoms with Crippen molar-refractivity contribution in [3.8, 4) is 0 Å². The lowest BCUT2D eigenvalue weighted by molar-refractivity contribution is -0.186.